The minimum Gasteiger partial charge on any atom is -0.465 e. The first-order chi connectivity index (χ1) is 14.0. The number of methoxy groups -OCH3 is 1. The summed E-state index contributed by atoms with van der Waals surface area (Å²) < 4.78 is 4.71. The molecule has 0 bridgehead atoms. The van der Waals surface area contributed by atoms with E-state index in [-0.39, 0.29) is 11.5 Å². The molecule has 29 heavy (non-hydrogen) atoms. The lowest BCUT2D eigenvalue weighted by Gasteiger charge is -2.09. The fourth-order valence-electron chi connectivity index (χ4n) is 2.55. The van der Waals surface area contributed by atoms with Crippen molar-refractivity contribution in [3.05, 3.63) is 77.7 Å². The van der Waals surface area contributed by atoms with Crippen LogP contribution in [-0.4, -0.2) is 34.7 Å². The zero-order valence-electron chi connectivity index (χ0n) is 15.8. The maximum Gasteiger partial charge on any atom is 0.337 e. The number of ketones is 1. The van der Waals surface area contributed by atoms with Crippen molar-refractivity contribution in [2.45, 2.75) is 6.92 Å². The molecule has 0 aliphatic carbocycles. The van der Waals surface area contributed by atoms with E-state index in [0.717, 1.165) is 0 Å². The highest BCUT2D eigenvalue weighted by Gasteiger charge is 2.11. The molecule has 0 fully saturated rings. The van der Waals surface area contributed by atoms with Crippen LogP contribution in [-0.2, 0) is 4.74 Å². The van der Waals surface area contributed by atoms with Gasteiger partial charge in [0.15, 0.2) is 5.78 Å². The molecule has 8 heteroatoms. The molecule has 0 saturated heterocycles. The van der Waals surface area contributed by atoms with E-state index in [1.807, 2.05) is 0 Å². The van der Waals surface area contributed by atoms with Crippen LogP contribution >= 0.6 is 0 Å². The molecule has 0 atom stereocenters. The third kappa shape index (κ3) is 5.01. The SMILES string of the molecule is COC(=O)c1cccc(Nc2cc(C(=O)Nc3cccc(C(C)=O)c3)ncn2)c1. The molecule has 146 valence electrons. The number of amides is 1. The van der Waals surface area contributed by atoms with Crippen LogP contribution in [0.1, 0.15) is 38.1 Å². The van der Waals surface area contributed by atoms with Crippen molar-refractivity contribution in [3.8, 4) is 0 Å². The first-order valence-electron chi connectivity index (χ1n) is 8.66. The smallest absolute Gasteiger partial charge is 0.337 e. The Morgan fingerprint density at radius 1 is 0.897 bits per heavy atom. The van der Waals surface area contributed by atoms with Gasteiger partial charge in [-0.1, -0.05) is 18.2 Å². The molecule has 0 aliphatic rings. The first kappa shape index (κ1) is 19.7. The summed E-state index contributed by atoms with van der Waals surface area (Å²) in [7, 11) is 1.31. The average Bonchev–Trinajstić information content (AvgIpc) is 2.73. The molecule has 2 aromatic carbocycles. The van der Waals surface area contributed by atoms with Crippen LogP contribution in [0, 0.1) is 0 Å². The number of nitrogens with zero attached hydrogens (tertiary/aromatic N) is 2. The zero-order valence-corrected chi connectivity index (χ0v) is 15.8. The van der Waals surface area contributed by atoms with Crippen molar-refractivity contribution in [3.63, 3.8) is 0 Å². The topological polar surface area (TPSA) is 110 Å². The zero-order chi connectivity index (χ0) is 20.8. The van der Waals surface area contributed by atoms with E-state index in [9.17, 15) is 14.4 Å². The Morgan fingerprint density at radius 2 is 1.59 bits per heavy atom. The Kier molecular flexibility index (Phi) is 5.94. The predicted octanol–water partition coefficient (Wildman–Crippen LogP) is 3.46. The minimum atomic E-state index is -0.454. The standard InChI is InChI=1S/C21H18N4O4/c1-13(26)14-5-3-8-17(9-14)25-20(27)18-11-19(23-12-22-18)24-16-7-4-6-15(10-16)21(28)29-2/h3-12H,1-2H3,(H,25,27)(H,22,23,24). The molecule has 0 spiro atoms. The summed E-state index contributed by atoms with van der Waals surface area (Å²) in [6.07, 6.45) is 1.26. The monoisotopic (exact) mass is 390 g/mol. The van der Waals surface area contributed by atoms with Crippen molar-refractivity contribution in [1.82, 2.24) is 9.97 Å². The van der Waals surface area contributed by atoms with Gasteiger partial charge in [0.1, 0.15) is 17.8 Å². The van der Waals surface area contributed by atoms with Crippen LogP contribution < -0.4 is 10.6 Å². The van der Waals surface area contributed by atoms with E-state index in [2.05, 4.69) is 20.6 Å². The second-order valence-corrected chi connectivity index (χ2v) is 6.08. The molecule has 0 unspecified atom stereocenters. The van der Waals surface area contributed by atoms with Gasteiger partial charge < -0.3 is 15.4 Å². The number of hydrogen-bond donors (Lipinski definition) is 2. The number of rotatable bonds is 6. The summed E-state index contributed by atoms with van der Waals surface area (Å²) in [4.78, 5) is 43.7. The summed E-state index contributed by atoms with van der Waals surface area (Å²) in [6, 6.07) is 14.8. The van der Waals surface area contributed by atoms with E-state index in [0.29, 0.717) is 28.3 Å². The fraction of sp³-hybridized carbons (Fsp3) is 0.0952. The van der Waals surface area contributed by atoms with Crippen LogP contribution in [0.4, 0.5) is 17.2 Å². The maximum atomic E-state index is 12.5. The number of ether oxygens (including phenoxy) is 1. The molecular weight excluding hydrogens is 372 g/mol. The lowest BCUT2D eigenvalue weighted by molar-refractivity contribution is 0.0600. The Hall–Kier alpha value is -4.07. The summed E-state index contributed by atoms with van der Waals surface area (Å²) >= 11 is 0. The normalized spacial score (nSPS) is 10.1. The third-order valence-electron chi connectivity index (χ3n) is 3.98. The molecule has 0 radical (unpaired) electrons. The minimum absolute atomic E-state index is 0.0937. The number of esters is 1. The maximum absolute atomic E-state index is 12.5. The van der Waals surface area contributed by atoms with Gasteiger partial charge in [-0.05, 0) is 37.3 Å². The van der Waals surface area contributed by atoms with Gasteiger partial charge in [-0.25, -0.2) is 14.8 Å². The highest BCUT2D eigenvalue weighted by Crippen LogP contribution is 2.18. The van der Waals surface area contributed by atoms with E-state index >= 15 is 0 Å². The van der Waals surface area contributed by atoms with Gasteiger partial charge in [0.05, 0.1) is 12.7 Å². The predicted molar refractivity (Wildman–Crippen MR) is 107 cm³/mol. The largest absolute Gasteiger partial charge is 0.465 e. The van der Waals surface area contributed by atoms with Gasteiger partial charge >= 0.3 is 5.97 Å². The van der Waals surface area contributed by atoms with Gasteiger partial charge in [-0.3, -0.25) is 9.59 Å². The number of hydrogen-bond acceptors (Lipinski definition) is 7. The number of nitrogens with one attached hydrogen (secondary N) is 2. The molecular formula is C21H18N4O4. The van der Waals surface area contributed by atoms with Crippen molar-refractivity contribution >= 4 is 34.9 Å². The molecule has 0 aliphatic heterocycles. The molecule has 1 amide bonds. The summed E-state index contributed by atoms with van der Waals surface area (Å²) in [5.74, 6) is -0.614. The van der Waals surface area contributed by atoms with Crippen LogP contribution in [0.25, 0.3) is 0 Å². The number of Topliss-reactive ketones (excluding diaryl/α,β-unsaturated/α-hetero) is 1. The van der Waals surface area contributed by atoms with E-state index < -0.39 is 11.9 Å². The van der Waals surface area contributed by atoms with E-state index in [1.54, 1.807) is 48.5 Å². The molecule has 3 rings (SSSR count). The number of carbonyl (C=O) groups excluding carboxylic acids is 3. The Balaban J connectivity index is 1.75. The second-order valence-electron chi connectivity index (χ2n) is 6.08. The fourth-order valence-corrected chi connectivity index (χ4v) is 2.55. The number of anilines is 3. The molecule has 0 saturated carbocycles. The molecule has 3 aromatic rings. The Bertz CT molecular complexity index is 1080. The van der Waals surface area contributed by atoms with Gasteiger partial charge in [-0.2, -0.15) is 0 Å². The average molecular weight is 390 g/mol. The highest BCUT2D eigenvalue weighted by atomic mass is 16.5. The summed E-state index contributed by atoms with van der Waals surface area (Å²) in [5, 5.41) is 5.73. The van der Waals surface area contributed by atoms with Crippen molar-refractivity contribution in [2.75, 3.05) is 17.7 Å². The third-order valence-corrected chi connectivity index (χ3v) is 3.98. The van der Waals surface area contributed by atoms with Crippen LogP contribution in [0.15, 0.2) is 60.9 Å². The number of benzene rings is 2. The second kappa shape index (κ2) is 8.75. The Labute approximate surface area is 167 Å². The number of aromatic nitrogens is 2. The Morgan fingerprint density at radius 3 is 2.31 bits per heavy atom. The van der Waals surface area contributed by atoms with Gasteiger partial charge in [0, 0.05) is 23.0 Å². The summed E-state index contributed by atoms with van der Waals surface area (Å²) in [5.41, 5.74) is 2.11. The molecule has 1 aromatic heterocycles. The molecule has 2 N–H and O–H groups in total. The van der Waals surface area contributed by atoms with E-state index in [4.69, 9.17) is 4.74 Å². The van der Waals surface area contributed by atoms with Gasteiger partial charge in [0.25, 0.3) is 5.91 Å². The van der Waals surface area contributed by atoms with Crippen molar-refractivity contribution in [2.24, 2.45) is 0 Å². The number of carbonyl (C=O) groups is 3. The lowest BCUT2D eigenvalue weighted by atomic mass is 10.1. The van der Waals surface area contributed by atoms with Crippen LogP contribution in [0.2, 0.25) is 0 Å². The van der Waals surface area contributed by atoms with Crippen molar-refractivity contribution < 1.29 is 19.1 Å². The van der Waals surface area contributed by atoms with Crippen LogP contribution in [0.5, 0.6) is 0 Å². The lowest BCUT2D eigenvalue weighted by Crippen LogP contribution is -2.14. The van der Waals surface area contributed by atoms with Crippen LogP contribution in [0.3, 0.4) is 0 Å². The first-order valence-corrected chi connectivity index (χ1v) is 8.66. The van der Waals surface area contributed by atoms with Gasteiger partial charge in [0.2, 0.25) is 0 Å². The van der Waals surface area contributed by atoms with E-state index in [1.165, 1.54) is 26.4 Å². The van der Waals surface area contributed by atoms with Gasteiger partial charge in [-0.15, -0.1) is 0 Å². The quantitative estimate of drug-likeness (QED) is 0.490. The summed E-state index contributed by atoms with van der Waals surface area (Å²) in [6.45, 7) is 1.46. The highest BCUT2D eigenvalue weighted by molar-refractivity contribution is 6.04. The molecule has 8 nitrogen and oxygen atoms in total. The molecule has 1 heterocycles. The van der Waals surface area contributed by atoms with Crippen molar-refractivity contribution in [1.29, 1.82) is 0 Å².